The van der Waals surface area contributed by atoms with Crippen LogP contribution in [0.5, 0.6) is 0 Å². The molecule has 19 heavy (non-hydrogen) atoms. The van der Waals surface area contributed by atoms with Crippen LogP contribution in [0.4, 0.5) is 0 Å². The summed E-state index contributed by atoms with van der Waals surface area (Å²) in [7, 11) is 0. The molecular formula is C17H32O2. The molecule has 0 amide bonds. The average molecular weight is 268 g/mol. The summed E-state index contributed by atoms with van der Waals surface area (Å²) in [4.78, 5) is 11.4. The fourth-order valence-corrected chi connectivity index (χ4v) is 1.91. The summed E-state index contributed by atoms with van der Waals surface area (Å²) in [6.45, 7) is 5.00. The van der Waals surface area contributed by atoms with Crippen LogP contribution < -0.4 is 0 Å². The van der Waals surface area contributed by atoms with E-state index in [1.807, 2.05) is 0 Å². The second-order valence-electron chi connectivity index (χ2n) is 5.14. The quantitative estimate of drug-likeness (QED) is 0.253. The highest BCUT2D eigenvalue weighted by Gasteiger charge is 2.00. The van der Waals surface area contributed by atoms with Crippen molar-refractivity contribution in [3.63, 3.8) is 0 Å². The fraction of sp³-hybridized carbons (Fsp3) is 0.824. The first-order valence-corrected chi connectivity index (χ1v) is 8.11. The maximum atomic E-state index is 11.4. The summed E-state index contributed by atoms with van der Waals surface area (Å²) in [5, 5.41) is 0. The van der Waals surface area contributed by atoms with Gasteiger partial charge in [0.15, 0.2) is 0 Å². The number of hydrogen-bond donors (Lipinski definition) is 0. The summed E-state index contributed by atoms with van der Waals surface area (Å²) in [6.07, 6.45) is 16.6. The number of esters is 1. The Morgan fingerprint density at radius 2 is 1.47 bits per heavy atom. The summed E-state index contributed by atoms with van der Waals surface area (Å²) in [6, 6.07) is 0. The lowest BCUT2D eigenvalue weighted by Crippen LogP contribution is -2.05. The number of carbonyl (C=O) groups is 1. The average Bonchev–Trinajstić information content (AvgIpc) is 2.41. The molecule has 0 saturated heterocycles. The summed E-state index contributed by atoms with van der Waals surface area (Å²) in [5.41, 5.74) is 0. The fourth-order valence-electron chi connectivity index (χ4n) is 1.91. The van der Waals surface area contributed by atoms with Gasteiger partial charge in [-0.05, 0) is 25.7 Å². The molecule has 0 aliphatic carbocycles. The van der Waals surface area contributed by atoms with Gasteiger partial charge in [0.05, 0.1) is 6.61 Å². The first-order valence-electron chi connectivity index (χ1n) is 8.11. The molecule has 0 aliphatic heterocycles. The molecule has 0 aromatic carbocycles. The maximum absolute atomic E-state index is 11.4. The molecule has 0 spiro atoms. The molecule has 0 fully saturated rings. The van der Waals surface area contributed by atoms with Crippen LogP contribution >= 0.6 is 0 Å². The largest absolute Gasteiger partial charge is 0.466 e. The van der Waals surface area contributed by atoms with Crippen LogP contribution in [0.2, 0.25) is 0 Å². The van der Waals surface area contributed by atoms with Gasteiger partial charge < -0.3 is 4.74 Å². The molecule has 0 rings (SSSR count). The second kappa shape index (κ2) is 15.3. The van der Waals surface area contributed by atoms with Crippen molar-refractivity contribution in [2.45, 2.75) is 84.5 Å². The van der Waals surface area contributed by atoms with Crippen molar-refractivity contribution in [3.8, 4) is 0 Å². The zero-order valence-electron chi connectivity index (χ0n) is 13.0. The van der Waals surface area contributed by atoms with E-state index in [4.69, 9.17) is 4.74 Å². The zero-order chi connectivity index (χ0) is 14.2. The van der Waals surface area contributed by atoms with Gasteiger partial charge in [0, 0.05) is 6.42 Å². The normalized spacial score (nSPS) is 11.1. The maximum Gasteiger partial charge on any atom is 0.306 e. The lowest BCUT2D eigenvalue weighted by atomic mass is 10.1. The van der Waals surface area contributed by atoms with E-state index in [2.05, 4.69) is 26.0 Å². The standard InChI is InChI=1S/C17H32O2/c1-3-5-7-9-10-11-12-13-15-17(18)19-16-14-8-6-4-2/h11-12H,3-10,13-16H2,1-2H3/b12-11+. The molecule has 112 valence electrons. The number of unbranched alkanes of at least 4 members (excludes halogenated alkanes) is 7. The highest BCUT2D eigenvalue weighted by molar-refractivity contribution is 5.69. The van der Waals surface area contributed by atoms with Crippen molar-refractivity contribution in [2.75, 3.05) is 6.61 Å². The minimum Gasteiger partial charge on any atom is -0.466 e. The number of hydrogen-bond acceptors (Lipinski definition) is 2. The van der Waals surface area contributed by atoms with E-state index in [9.17, 15) is 4.79 Å². The number of ether oxygens (including phenoxy) is 1. The molecule has 0 atom stereocenters. The van der Waals surface area contributed by atoms with Crippen LogP contribution in [-0.2, 0) is 9.53 Å². The topological polar surface area (TPSA) is 26.3 Å². The summed E-state index contributed by atoms with van der Waals surface area (Å²) in [5.74, 6) is -0.0490. The minimum atomic E-state index is -0.0490. The highest BCUT2D eigenvalue weighted by atomic mass is 16.5. The molecule has 0 aliphatic rings. The van der Waals surface area contributed by atoms with Gasteiger partial charge in [-0.1, -0.05) is 64.5 Å². The van der Waals surface area contributed by atoms with Gasteiger partial charge in [0.2, 0.25) is 0 Å². The van der Waals surface area contributed by atoms with Gasteiger partial charge in [-0.3, -0.25) is 4.79 Å². The van der Waals surface area contributed by atoms with Crippen LogP contribution in [-0.4, -0.2) is 12.6 Å². The number of rotatable bonds is 13. The molecule has 0 aromatic rings. The Morgan fingerprint density at radius 1 is 0.842 bits per heavy atom. The molecule has 0 radical (unpaired) electrons. The van der Waals surface area contributed by atoms with Gasteiger partial charge in [-0.25, -0.2) is 0 Å². The molecular weight excluding hydrogens is 236 g/mol. The van der Waals surface area contributed by atoms with Gasteiger partial charge >= 0.3 is 5.97 Å². The Morgan fingerprint density at radius 3 is 2.16 bits per heavy atom. The van der Waals surface area contributed by atoms with Crippen LogP contribution in [0.25, 0.3) is 0 Å². The molecule has 0 unspecified atom stereocenters. The monoisotopic (exact) mass is 268 g/mol. The van der Waals surface area contributed by atoms with Crippen molar-refractivity contribution in [1.82, 2.24) is 0 Å². The number of allylic oxidation sites excluding steroid dienone is 2. The lowest BCUT2D eigenvalue weighted by Gasteiger charge is -2.03. The van der Waals surface area contributed by atoms with Crippen LogP contribution in [0.15, 0.2) is 12.2 Å². The predicted molar refractivity (Wildman–Crippen MR) is 82.2 cm³/mol. The first kappa shape index (κ1) is 18.2. The summed E-state index contributed by atoms with van der Waals surface area (Å²) < 4.78 is 5.18. The highest BCUT2D eigenvalue weighted by Crippen LogP contribution is 2.04. The Balaban J connectivity index is 3.25. The third-order valence-corrected chi connectivity index (χ3v) is 3.17. The molecule has 2 nitrogen and oxygen atoms in total. The molecule has 0 bridgehead atoms. The van der Waals surface area contributed by atoms with Crippen molar-refractivity contribution >= 4 is 5.97 Å². The molecule has 0 heterocycles. The van der Waals surface area contributed by atoms with E-state index in [1.54, 1.807) is 0 Å². The van der Waals surface area contributed by atoms with Gasteiger partial charge in [-0.15, -0.1) is 0 Å². The lowest BCUT2D eigenvalue weighted by molar-refractivity contribution is -0.143. The molecule has 0 aromatic heterocycles. The second-order valence-corrected chi connectivity index (χ2v) is 5.14. The van der Waals surface area contributed by atoms with Crippen molar-refractivity contribution in [2.24, 2.45) is 0 Å². The SMILES string of the molecule is CCCCCC/C=C/CCC(=O)OCCCCCC. The summed E-state index contributed by atoms with van der Waals surface area (Å²) >= 11 is 0. The van der Waals surface area contributed by atoms with Crippen LogP contribution in [0, 0.1) is 0 Å². The van der Waals surface area contributed by atoms with E-state index < -0.39 is 0 Å². The van der Waals surface area contributed by atoms with Gasteiger partial charge in [0.1, 0.15) is 0 Å². The van der Waals surface area contributed by atoms with E-state index in [0.29, 0.717) is 13.0 Å². The Hall–Kier alpha value is -0.790. The van der Waals surface area contributed by atoms with Crippen molar-refractivity contribution in [3.05, 3.63) is 12.2 Å². The van der Waals surface area contributed by atoms with E-state index in [0.717, 1.165) is 19.3 Å². The van der Waals surface area contributed by atoms with Crippen molar-refractivity contribution in [1.29, 1.82) is 0 Å². The van der Waals surface area contributed by atoms with E-state index in [-0.39, 0.29) is 5.97 Å². The Kier molecular flexibility index (Phi) is 14.6. The van der Waals surface area contributed by atoms with E-state index in [1.165, 1.54) is 44.9 Å². The smallest absolute Gasteiger partial charge is 0.306 e. The van der Waals surface area contributed by atoms with E-state index >= 15 is 0 Å². The minimum absolute atomic E-state index is 0.0490. The van der Waals surface area contributed by atoms with Crippen LogP contribution in [0.1, 0.15) is 84.5 Å². The molecule has 2 heteroatoms. The third-order valence-electron chi connectivity index (χ3n) is 3.17. The molecule has 0 N–H and O–H groups in total. The Bertz CT molecular complexity index is 221. The van der Waals surface area contributed by atoms with Crippen molar-refractivity contribution < 1.29 is 9.53 Å². The Labute approximate surface area is 119 Å². The first-order chi connectivity index (χ1) is 9.31. The predicted octanol–water partition coefficient (Wildman–Crippen LogP) is 5.42. The number of carbonyl (C=O) groups excluding carboxylic acids is 1. The van der Waals surface area contributed by atoms with Gasteiger partial charge in [-0.2, -0.15) is 0 Å². The van der Waals surface area contributed by atoms with Gasteiger partial charge in [0.25, 0.3) is 0 Å². The zero-order valence-corrected chi connectivity index (χ0v) is 13.0. The molecule has 0 saturated carbocycles. The third kappa shape index (κ3) is 15.2. The van der Waals surface area contributed by atoms with Crippen LogP contribution in [0.3, 0.4) is 0 Å².